The van der Waals surface area contributed by atoms with Gasteiger partial charge in [0, 0.05) is 6.42 Å². The lowest BCUT2D eigenvalue weighted by atomic mass is 10.2. The van der Waals surface area contributed by atoms with E-state index in [2.05, 4.69) is 16.9 Å². The summed E-state index contributed by atoms with van der Waals surface area (Å²) in [6.45, 7) is 2.14. The van der Waals surface area contributed by atoms with Crippen LogP contribution >= 0.6 is 0 Å². The van der Waals surface area contributed by atoms with E-state index in [4.69, 9.17) is 0 Å². The molecular weight excluding hydrogens is 179 g/mol. The van der Waals surface area contributed by atoms with Gasteiger partial charge in [-0.1, -0.05) is 13.3 Å². The Balaban J connectivity index is 2.32. The summed E-state index contributed by atoms with van der Waals surface area (Å²) in [5, 5.41) is 0. The SMILES string of the molecule is CCCCc1nc2ccc(F)cc2[nH]1. The predicted molar refractivity (Wildman–Crippen MR) is 54.7 cm³/mol. The van der Waals surface area contributed by atoms with Gasteiger partial charge in [0.2, 0.25) is 0 Å². The summed E-state index contributed by atoms with van der Waals surface area (Å²) in [7, 11) is 0. The Hall–Kier alpha value is -1.38. The molecule has 1 aromatic heterocycles. The van der Waals surface area contributed by atoms with Gasteiger partial charge in [-0.15, -0.1) is 0 Å². The zero-order valence-electron chi connectivity index (χ0n) is 8.18. The highest BCUT2D eigenvalue weighted by Crippen LogP contribution is 2.13. The highest BCUT2D eigenvalue weighted by molar-refractivity contribution is 5.74. The molecule has 1 heterocycles. The lowest BCUT2D eigenvalue weighted by molar-refractivity contribution is 0.629. The Kier molecular flexibility index (Phi) is 2.48. The van der Waals surface area contributed by atoms with E-state index in [-0.39, 0.29) is 5.82 Å². The van der Waals surface area contributed by atoms with Gasteiger partial charge in [-0.2, -0.15) is 0 Å². The van der Waals surface area contributed by atoms with Gasteiger partial charge in [0.15, 0.2) is 0 Å². The topological polar surface area (TPSA) is 28.7 Å². The van der Waals surface area contributed by atoms with E-state index in [1.807, 2.05) is 0 Å². The van der Waals surface area contributed by atoms with Gasteiger partial charge >= 0.3 is 0 Å². The number of nitrogens with one attached hydrogen (secondary N) is 1. The molecule has 0 saturated carbocycles. The molecule has 14 heavy (non-hydrogen) atoms. The van der Waals surface area contributed by atoms with Crippen LogP contribution in [0.15, 0.2) is 18.2 Å². The van der Waals surface area contributed by atoms with Crippen LogP contribution < -0.4 is 0 Å². The molecule has 0 spiro atoms. The number of benzene rings is 1. The molecule has 0 radical (unpaired) electrons. The second-order valence-electron chi connectivity index (χ2n) is 3.45. The first-order valence-corrected chi connectivity index (χ1v) is 4.93. The first-order chi connectivity index (χ1) is 6.79. The van der Waals surface area contributed by atoms with Crippen LogP contribution in [-0.4, -0.2) is 9.97 Å². The van der Waals surface area contributed by atoms with Crippen molar-refractivity contribution in [3.63, 3.8) is 0 Å². The molecule has 0 saturated heterocycles. The summed E-state index contributed by atoms with van der Waals surface area (Å²) in [5.41, 5.74) is 1.63. The minimum Gasteiger partial charge on any atom is -0.342 e. The quantitative estimate of drug-likeness (QED) is 0.795. The zero-order valence-corrected chi connectivity index (χ0v) is 8.18. The van der Waals surface area contributed by atoms with Crippen molar-refractivity contribution in [2.75, 3.05) is 0 Å². The van der Waals surface area contributed by atoms with Crippen molar-refractivity contribution in [1.29, 1.82) is 0 Å². The maximum atomic E-state index is 12.9. The van der Waals surface area contributed by atoms with E-state index < -0.39 is 0 Å². The van der Waals surface area contributed by atoms with Gasteiger partial charge in [0.1, 0.15) is 11.6 Å². The molecule has 0 unspecified atom stereocenters. The van der Waals surface area contributed by atoms with E-state index >= 15 is 0 Å². The van der Waals surface area contributed by atoms with Crippen LogP contribution in [-0.2, 0) is 6.42 Å². The number of aromatic amines is 1. The van der Waals surface area contributed by atoms with Crippen molar-refractivity contribution < 1.29 is 4.39 Å². The van der Waals surface area contributed by atoms with E-state index in [0.717, 1.165) is 36.1 Å². The number of H-pyrrole nitrogens is 1. The summed E-state index contributed by atoms with van der Waals surface area (Å²) in [6, 6.07) is 4.63. The largest absolute Gasteiger partial charge is 0.342 e. The third-order valence-electron chi connectivity index (χ3n) is 2.26. The minimum absolute atomic E-state index is 0.219. The number of hydrogen-bond donors (Lipinski definition) is 1. The molecule has 0 aliphatic carbocycles. The highest BCUT2D eigenvalue weighted by atomic mass is 19.1. The molecule has 0 fully saturated rings. The van der Waals surface area contributed by atoms with Crippen LogP contribution in [0.4, 0.5) is 4.39 Å². The Morgan fingerprint density at radius 3 is 3.07 bits per heavy atom. The van der Waals surface area contributed by atoms with E-state index in [1.165, 1.54) is 12.1 Å². The van der Waals surface area contributed by atoms with Crippen LogP contribution in [0.2, 0.25) is 0 Å². The van der Waals surface area contributed by atoms with Gasteiger partial charge in [-0.05, 0) is 24.6 Å². The van der Waals surface area contributed by atoms with Crippen molar-refractivity contribution in [2.24, 2.45) is 0 Å². The predicted octanol–water partition coefficient (Wildman–Crippen LogP) is 3.04. The lowest BCUT2D eigenvalue weighted by Crippen LogP contribution is -1.86. The number of nitrogens with zero attached hydrogens (tertiary/aromatic N) is 1. The van der Waals surface area contributed by atoms with Gasteiger partial charge in [-0.3, -0.25) is 0 Å². The van der Waals surface area contributed by atoms with Crippen LogP contribution in [0.25, 0.3) is 11.0 Å². The van der Waals surface area contributed by atoms with Gasteiger partial charge in [0.05, 0.1) is 11.0 Å². The second kappa shape index (κ2) is 3.78. The monoisotopic (exact) mass is 192 g/mol. The third kappa shape index (κ3) is 1.76. The lowest BCUT2D eigenvalue weighted by Gasteiger charge is -1.90. The van der Waals surface area contributed by atoms with Crippen molar-refractivity contribution >= 4 is 11.0 Å². The van der Waals surface area contributed by atoms with Crippen LogP contribution in [0.5, 0.6) is 0 Å². The Morgan fingerprint density at radius 1 is 1.43 bits per heavy atom. The van der Waals surface area contributed by atoms with Crippen molar-refractivity contribution in [1.82, 2.24) is 9.97 Å². The molecule has 0 bridgehead atoms. The minimum atomic E-state index is -0.219. The zero-order chi connectivity index (χ0) is 9.97. The van der Waals surface area contributed by atoms with Crippen molar-refractivity contribution in [2.45, 2.75) is 26.2 Å². The van der Waals surface area contributed by atoms with Crippen molar-refractivity contribution in [3.05, 3.63) is 29.8 Å². The van der Waals surface area contributed by atoms with E-state index in [0.29, 0.717) is 0 Å². The summed E-state index contributed by atoms with van der Waals surface area (Å²) < 4.78 is 12.9. The van der Waals surface area contributed by atoms with Crippen LogP contribution in [0.3, 0.4) is 0 Å². The van der Waals surface area contributed by atoms with Gasteiger partial charge in [0.25, 0.3) is 0 Å². The van der Waals surface area contributed by atoms with Gasteiger partial charge in [-0.25, -0.2) is 9.37 Å². The normalized spacial score (nSPS) is 11.0. The molecule has 2 nitrogen and oxygen atoms in total. The standard InChI is InChI=1S/C11H13FN2/c1-2-3-4-11-13-9-6-5-8(12)7-10(9)14-11/h5-7H,2-4H2,1H3,(H,13,14). The smallest absolute Gasteiger partial charge is 0.125 e. The number of aryl methyl sites for hydroxylation is 1. The number of halogens is 1. The first-order valence-electron chi connectivity index (χ1n) is 4.93. The molecular formula is C11H13FN2. The third-order valence-corrected chi connectivity index (χ3v) is 2.26. The Bertz CT molecular complexity index is 434. The van der Waals surface area contributed by atoms with Crippen LogP contribution in [0.1, 0.15) is 25.6 Å². The molecule has 0 aliphatic heterocycles. The van der Waals surface area contributed by atoms with E-state index in [1.54, 1.807) is 6.07 Å². The summed E-state index contributed by atoms with van der Waals surface area (Å²) in [5.74, 6) is 0.732. The maximum Gasteiger partial charge on any atom is 0.125 e. The number of imidazole rings is 1. The molecule has 1 aromatic carbocycles. The number of hydrogen-bond acceptors (Lipinski definition) is 1. The number of aromatic nitrogens is 2. The van der Waals surface area contributed by atoms with Crippen molar-refractivity contribution in [3.8, 4) is 0 Å². The van der Waals surface area contributed by atoms with Gasteiger partial charge < -0.3 is 4.98 Å². The first kappa shape index (κ1) is 9.19. The number of rotatable bonds is 3. The maximum absolute atomic E-state index is 12.9. The molecule has 0 atom stereocenters. The highest BCUT2D eigenvalue weighted by Gasteiger charge is 2.02. The molecule has 74 valence electrons. The fraction of sp³-hybridized carbons (Fsp3) is 0.364. The molecule has 3 heteroatoms. The summed E-state index contributed by atoms with van der Waals surface area (Å²) in [6.07, 6.45) is 3.19. The average molecular weight is 192 g/mol. The molecule has 2 rings (SSSR count). The molecule has 0 amide bonds. The van der Waals surface area contributed by atoms with Crippen LogP contribution in [0, 0.1) is 5.82 Å². The molecule has 0 aliphatic rings. The fourth-order valence-corrected chi connectivity index (χ4v) is 1.50. The Morgan fingerprint density at radius 2 is 2.29 bits per heavy atom. The second-order valence-corrected chi connectivity index (χ2v) is 3.45. The number of unbranched alkanes of at least 4 members (excludes halogenated alkanes) is 1. The fourth-order valence-electron chi connectivity index (χ4n) is 1.50. The summed E-state index contributed by atoms with van der Waals surface area (Å²) >= 11 is 0. The number of fused-ring (bicyclic) bond motifs is 1. The van der Waals surface area contributed by atoms with E-state index in [9.17, 15) is 4.39 Å². The average Bonchev–Trinajstić information content (AvgIpc) is 2.56. The Labute approximate surface area is 82.2 Å². The summed E-state index contributed by atoms with van der Waals surface area (Å²) in [4.78, 5) is 7.49. The molecule has 2 aromatic rings. The molecule has 1 N–H and O–H groups in total.